The normalized spacial score (nSPS) is 9.38. The van der Waals surface area contributed by atoms with Gasteiger partial charge in [0.15, 0.2) is 0 Å². The van der Waals surface area contributed by atoms with E-state index in [9.17, 15) is 19.5 Å². The monoisotopic (exact) mass is 301 g/mol. The maximum Gasteiger partial charge on any atom is 1.00 e. The van der Waals surface area contributed by atoms with Crippen molar-refractivity contribution in [3.05, 3.63) is 29.8 Å². The van der Waals surface area contributed by atoms with Crippen LogP contribution in [0.1, 0.15) is 36.5 Å². The molecule has 0 saturated carbocycles. The van der Waals surface area contributed by atoms with E-state index in [0.29, 0.717) is 17.9 Å². The van der Waals surface area contributed by atoms with Crippen molar-refractivity contribution in [2.45, 2.75) is 26.2 Å². The summed E-state index contributed by atoms with van der Waals surface area (Å²) in [6.45, 7) is 2.26. The number of rotatable bonds is 7. The molecule has 0 atom stereocenters. The van der Waals surface area contributed by atoms with Crippen molar-refractivity contribution in [3.8, 4) is 0 Å². The predicted octanol–water partition coefficient (Wildman–Crippen LogP) is -2.27. The Morgan fingerprint density at radius 3 is 2.29 bits per heavy atom. The number of amides is 1. The Kier molecular flexibility index (Phi) is 9.69. The summed E-state index contributed by atoms with van der Waals surface area (Å²) in [5, 5.41) is 12.7. The van der Waals surface area contributed by atoms with Gasteiger partial charge in [0.2, 0.25) is 5.91 Å². The standard InChI is InChI=1S/C14H17NO5.Na/c1-2-9-20-14(19)10-3-5-11(6-4-10)15-12(16)7-8-13(17)18;/h3-6H,2,7-9H2,1H3,(H,15,16)(H,17,18);/q;+1/p-1. The summed E-state index contributed by atoms with van der Waals surface area (Å²) in [6, 6.07) is 6.18. The minimum absolute atomic E-state index is 0. The Bertz CT molecular complexity index is 487. The summed E-state index contributed by atoms with van der Waals surface area (Å²) in [6.07, 6.45) is 0.272. The number of nitrogens with one attached hydrogen (secondary N) is 1. The molecular weight excluding hydrogens is 285 g/mol. The third kappa shape index (κ3) is 7.84. The van der Waals surface area contributed by atoms with E-state index in [1.807, 2.05) is 6.92 Å². The van der Waals surface area contributed by atoms with Crippen LogP contribution in [0, 0.1) is 0 Å². The second kappa shape index (κ2) is 10.4. The molecule has 0 heterocycles. The van der Waals surface area contributed by atoms with E-state index < -0.39 is 17.8 Å². The van der Waals surface area contributed by atoms with Gasteiger partial charge in [-0.2, -0.15) is 0 Å². The average Bonchev–Trinajstić information content (AvgIpc) is 2.43. The van der Waals surface area contributed by atoms with Gasteiger partial charge in [-0.05, 0) is 37.1 Å². The van der Waals surface area contributed by atoms with Gasteiger partial charge in [0.25, 0.3) is 0 Å². The van der Waals surface area contributed by atoms with Gasteiger partial charge < -0.3 is 20.0 Å². The largest absolute Gasteiger partial charge is 1.00 e. The topological polar surface area (TPSA) is 95.5 Å². The number of ether oxygens (including phenoxy) is 1. The number of hydrogen-bond donors (Lipinski definition) is 1. The second-order valence-corrected chi connectivity index (χ2v) is 4.13. The SMILES string of the molecule is CCCOC(=O)c1ccc(NC(=O)CCC(=O)[O-])cc1.[Na+]. The van der Waals surface area contributed by atoms with E-state index in [0.717, 1.165) is 6.42 Å². The molecule has 6 nitrogen and oxygen atoms in total. The molecule has 0 unspecified atom stereocenters. The summed E-state index contributed by atoms with van der Waals surface area (Å²) in [7, 11) is 0. The number of carbonyl (C=O) groups excluding carboxylic acids is 3. The van der Waals surface area contributed by atoms with Crippen LogP contribution in [-0.4, -0.2) is 24.5 Å². The summed E-state index contributed by atoms with van der Waals surface area (Å²) < 4.78 is 4.96. The molecule has 1 aromatic rings. The number of aliphatic carboxylic acids is 1. The first-order valence-corrected chi connectivity index (χ1v) is 6.29. The van der Waals surface area contributed by atoms with Gasteiger partial charge >= 0.3 is 35.5 Å². The zero-order chi connectivity index (χ0) is 15.0. The molecule has 7 heteroatoms. The van der Waals surface area contributed by atoms with Crippen LogP contribution < -0.4 is 40.0 Å². The van der Waals surface area contributed by atoms with Crippen molar-refractivity contribution in [2.75, 3.05) is 11.9 Å². The molecular formula is C14H16NNaO5. The van der Waals surface area contributed by atoms with Crippen molar-refractivity contribution in [2.24, 2.45) is 0 Å². The first-order chi connectivity index (χ1) is 9.52. The molecule has 0 saturated heterocycles. The van der Waals surface area contributed by atoms with Gasteiger partial charge in [-0.3, -0.25) is 4.79 Å². The molecule has 108 valence electrons. The molecule has 0 spiro atoms. The van der Waals surface area contributed by atoms with Gasteiger partial charge in [-0.1, -0.05) is 6.92 Å². The fourth-order valence-corrected chi connectivity index (χ4v) is 1.41. The molecule has 1 amide bonds. The van der Waals surface area contributed by atoms with Crippen LogP contribution in [0.3, 0.4) is 0 Å². The van der Waals surface area contributed by atoms with Crippen molar-refractivity contribution in [1.82, 2.24) is 0 Å². The molecule has 0 fully saturated rings. The summed E-state index contributed by atoms with van der Waals surface area (Å²) >= 11 is 0. The van der Waals surface area contributed by atoms with E-state index in [-0.39, 0.29) is 42.4 Å². The van der Waals surface area contributed by atoms with Crippen LogP contribution in [-0.2, 0) is 14.3 Å². The van der Waals surface area contributed by atoms with E-state index in [1.165, 1.54) is 12.1 Å². The van der Waals surface area contributed by atoms with Gasteiger partial charge in [0.1, 0.15) is 0 Å². The van der Waals surface area contributed by atoms with Crippen LogP contribution in [0.4, 0.5) is 5.69 Å². The van der Waals surface area contributed by atoms with E-state index in [4.69, 9.17) is 4.74 Å². The fourth-order valence-electron chi connectivity index (χ4n) is 1.41. The van der Waals surface area contributed by atoms with Crippen LogP contribution in [0.15, 0.2) is 24.3 Å². The average molecular weight is 301 g/mol. The van der Waals surface area contributed by atoms with Gasteiger partial charge in [0.05, 0.1) is 12.2 Å². The molecule has 0 radical (unpaired) electrons. The third-order valence-corrected chi connectivity index (χ3v) is 2.40. The minimum Gasteiger partial charge on any atom is -0.550 e. The molecule has 0 aromatic heterocycles. The quantitative estimate of drug-likeness (QED) is 0.452. The fraction of sp³-hybridized carbons (Fsp3) is 0.357. The van der Waals surface area contributed by atoms with Crippen LogP contribution >= 0.6 is 0 Å². The van der Waals surface area contributed by atoms with Gasteiger partial charge in [-0.25, -0.2) is 4.79 Å². The van der Waals surface area contributed by atoms with E-state index in [1.54, 1.807) is 12.1 Å². The van der Waals surface area contributed by atoms with Crippen molar-refractivity contribution >= 4 is 23.5 Å². The van der Waals surface area contributed by atoms with Gasteiger partial charge in [0, 0.05) is 18.1 Å². The Morgan fingerprint density at radius 2 is 1.76 bits per heavy atom. The summed E-state index contributed by atoms with van der Waals surface area (Å²) in [5.41, 5.74) is 0.881. The third-order valence-electron chi connectivity index (χ3n) is 2.40. The first-order valence-electron chi connectivity index (χ1n) is 6.29. The summed E-state index contributed by atoms with van der Waals surface area (Å²) in [4.78, 5) is 33.1. The number of carboxylic acid groups (broad SMARTS) is 1. The number of esters is 1. The second-order valence-electron chi connectivity index (χ2n) is 4.13. The Labute approximate surface area is 145 Å². The maximum atomic E-state index is 11.5. The molecule has 1 aromatic carbocycles. The predicted molar refractivity (Wildman–Crippen MR) is 69.9 cm³/mol. The molecule has 1 rings (SSSR count). The van der Waals surface area contributed by atoms with Crippen LogP contribution in [0.5, 0.6) is 0 Å². The Morgan fingerprint density at radius 1 is 1.14 bits per heavy atom. The van der Waals surface area contributed by atoms with Crippen molar-refractivity contribution in [1.29, 1.82) is 0 Å². The molecule has 0 aliphatic carbocycles. The number of carbonyl (C=O) groups is 3. The van der Waals surface area contributed by atoms with E-state index in [2.05, 4.69) is 5.32 Å². The molecule has 21 heavy (non-hydrogen) atoms. The van der Waals surface area contributed by atoms with Crippen LogP contribution in [0.2, 0.25) is 0 Å². The molecule has 0 bridgehead atoms. The molecule has 0 aliphatic rings. The number of hydrogen-bond acceptors (Lipinski definition) is 5. The van der Waals surface area contributed by atoms with Crippen LogP contribution in [0.25, 0.3) is 0 Å². The molecule has 0 aliphatic heterocycles. The number of carboxylic acids is 1. The molecule has 1 N–H and O–H groups in total. The smallest absolute Gasteiger partial charge is 0.550 e. The Hall–Kier alpha value is -1.37. The zero-order valence-corrected chi connectivity index (χ0v) is 14.2. The summed E-state index contributed by atoms with van der Waals surface area (Å²) in [5.74, 6) is -2.11. The van der Waals surface area contributed by atoms with Gasteiger partial charge in [-0.15, -0.1) is 0 Å². The first kappa shape index (κ1) is 19.6. The van der Waals surface area contributed by atoms with Crippen molar-refractivity contribution < 1.29 is 53.8 Å². The number of benzene rings is 1. The maximum absolute atomic E-state index is 11.5. The minimum atomic E-state index is -1.27. The Balaban J connectivity index is 0.00000400. The van der Waals surface area contributed by atoms with Crippen molar-refractivity contribution in [3.63, 3.8) is 0 Å². The number of anilines is 1. The zero-order valence-electron chi connectivity index (χ0n) is 12.2. The van der Waals surface area contributed by atoms with E-state index >= 15 is 0 Å².